The van der Waals surface area contributed by atoms with Crippen molar-refractivity contribution in [2.75, 3.05) is 20.3 Å². The summed E-state index contributed by atoms with van der Waals surface area (Å²) in [5.74, 6) is -0.341. The van der Waals surface area contributed by atoms with Gasteiger partial charge in [0, 0.05) is 0 Å². The van der Waals surface area contributed by atoms with Gasteiger partial charge < -0.3 is 19.2 Å². The molecule has 0 spiro atoms. The number of nitrogens with one attached hydrogen (secondary N) is 1. The summed E-state index contributed by atoms with van der Waals surface area (Å²) in [6, 6.07) is 3.46. The number of carbonyl (C=O) groups excluding carboxylic acids is 2. The average Bonchev–Trinajstić information content (AvgIpc) is 2.77. The number of amides is 1. The number of hydrogen-bond donors (Lipinski definition) is 1. The van der Waals surface area contributed by atoms with E-state index in [0.717, 1.165) is 0 Å². The molecule has 0 radical (unpaired) electrons. The van der Waals surface area contributed by atoms with Gasteiger partial charge in [-0.1, -0.05) is 0 Å². The van der Waals surface area contributed by atoms with Crippen molar-refractivity contribution in [3.63, 3.8) is 0 Å². The second-order valence-corrected chi connectivity index (χ2v) is 3.83. The molecule has 1 N–H and O–H groups in total. The molecule has 92 valence electrons. The first-order valence-corrected chi connectivity index (χ1v) is 5.16. The summed E-state index contributed by atoms with van der Waals surface area (Å²) in [5.41, 5.74) is -1.19. The lowest BCUT2D eigenvalue weighted by molar-refractivity contribution is -0.188. The topological polar surface area (TPSA) is 77.8 Å². The third kappa shape index (κ3) is 2.03. The van der Waals surface area contributed by atoms with E-state index in [1.54, 1.807) is 12.1 Å². The molecule has 0 aliphatic carbocycles. The number of methoxy groups -OCH3 is 1. The summed E-state index contributed by atoms with van der Waals surface area (Å²) in [5, 5.41) is 2.63. The molecule has 2 rings (SSSR count). The molecule has 6 heteroatoms. The molecule has 1 aromatic heterocycles. The van der Waals surface area contributed by atoms with Gasteiger partial charge in [-0.2, -0.15) is 0 Å². The van der Waals surface area contributed by atoms with E-state index >= 15 is 0 Å². The summed E-state index contributed by atoms with van der Waals surface area (Å²) < 4.78 is 14.6. The van der Waals surface area contributed by atoms with Crippen molar-refractivity contribution >= 4 is 11.9 Å². The maximum atomic E-state index is 11.9. The second kappa shape index (κ2) is 4.58. The minimum absolute atomic E-state index is 0.0592. The van der Waals surface area contributed by atoms with Crippen LogP contribution in [0.4, 0.5) is 0 Å². The van der Waals surface area contributed by atoms with Crippen molar-refractivity contribution in [1.82, 2.24) is 5.32 Å². The fourth-order valence-electron chi connectivity index (χ4n) is 1.59. The van der Waals surface area contributed by atoms with Gasteiger partial charge in [-0.3, -0.25) is 9.59 Å². The fourth-order valence-corrected chi connectivity index (χ4v) is 1.59. The quantitative estimate of drug-likeness (QED) is 0.595. The lowest BCUT2D eigenvalue weighted by atomic mass is 9.85. The summed E-state index contributed by atoms with van der Waals surface area (Å²) in [7, 11) is 1.25. The number of carbonyl (C=O) groups is 2. The molecule has 1 aromatic rings. The number of ether oxygens (including phenoxy) is 2. The summed E-state index contributed by atoms with van der Waals surface area (Å²) in [6.45, 7) is 0.359. The van der Waals surface area contributed by atoms with Gasteiger partial charge in [-0.05, 0) is 12.1 Å². The van der Waals surface area contributed by atoms with Crippen LogP contribution in [0.3, 0.4) is 0 Å². The lowest BCUT2D eigenvalue weighted by Crippen LogP contribution is -2.59. The Labute approximate surface area is 97.9 Å². The maximum Gasteiger partial charge on any atom is 0.326 e. The third-order valence-corrected chi connectivity index (χ3v) is 2.71. The van der Waals surface area contributed by atoms with Gasteiger partial charge in [0.1, 0.15) is 5.76 Å². The molecule has 17 heavy (non-hydrogen) atoms. The predicted octanol–water partition coefficient (Wildman–Crippen LogP) is 0.0854. The van der Waals surface area contributed by atoms with Crippen LogP contribution in [-0.2, 0) is 25.6 Å². The summed E-state index contributed by atoms with van der Waals surface area (Å²) in [4.78, 5) is 23.4. The minimum atomic E-state index is -1.19. The molecular formula is C11H13NO5. The zero-order valence-electron chi connectivity index (χ0n) is 9.39. The molecule has 1 fully saturated rings. The Morgan fingerprint density at radius 2 is 2.29 bits per heavy atom. The van der Waals surface area contributed by atoms with Gasteiger partial charge in [0.15, 0.2) is 5.41 Å². The molecule has 0 unspecified atom stereocenters. The average molecular weight is 239 g/mol. The molecule has 1 saturated heterocycles. The Morgan fingerprint density at radius 3 is 2.76 bits per heavy atom. The number of hydrogen-bond acceptors (Lipinski definition) is 5. The Balaban J connectivity index is 1.96. The van der Waals surface area contributed by atoms with E-state index in [1.807, 2.05) is 0 Å². The highest BCUT2D eigenvalue weighted by atomic mass is 16.5. The molecule has 0 bridgehead atoms. The van der Waals surface area contributed by atoms with Gasteiger partial charge >= 0.3 is 5.97 Å². The van der Waals surface area contributed by atoms with E-state index in [0.29, 0.717) is 5.76 Å². The minimum Gasteiger partial charge on any atom is -0.468 e. The van der Waals surface area contributed by atoms with Crippen molar-refractivity contribution < 1.29 is 23.5 Å². The van der Waals surface area contributed by atoms with E-state index in [-0.39, 0.29) is 19.8 Å². The second-order valence-electron chi connectivity index (χ2n) is 3.83. The number of rotatable bonds is 4. The first-order chi connectivity index (χ1) is 8.19. The van der Waals surface area contributed by atoms with E-state index in [4.69, 9.17) is 9.15 Å². The Kier molecular flexibility index (Phi) is 3.14. The molecular weight excluding hydrogens is 226 g/mol. The van der Waals surface area contributed by atoms with Crippen LogP contribution >= 0.6 is 0 Å². The molecule has 6 nitrogen and oxygen atoms in total. The van der Waals surface area contributed by atoms with E-state index in [9.17, 15) is 9.59 Å². The molecule has 0 atom stereocenters. The van der Waals surface area contributed by atoms with Gasteiger partial charge in [-0.15, -0.1) is 0 Å². The molecule has 1 aliphatic heterocycles. The van der Waals surface area contributed by atoms with Crippen molar-refractivity contribution in [2.45, 2.75) is 6.54 Å². The normalized spacial score (nSPS) is 17.0. The van der Waals surface area contributed by atoms with Crippen LogP contribution in [0.5, 0.6) is 0 Å². The van der Waals surface area contributed by atoms with Crippen LogP contribution in [-0.4, -0.2) is 32.2 Å². The van der Waals surface area contributed by atoms with Crippen LogP contribution in [0.15, 0.2) is 22.8 Å². The van der Waals surface area contributed by atoms with Crippen LogP contribution < -0.4 is 5.32 Å². The van der Waals surface area contributed by atoms with Crippen molar-refractivity contribution in [3.8, 4) is 0 Å². The highest BCUT2D eigenvalue weighted by Crippen LogP contribution is 2.29. The number of furan rings is 1. The van der Waals surface area contributed by atoms with Crippen molar-refractivity contribution in [1.29, 1.82) is 0 Å². The molecule has 1 aliphatic rings. The first-order valence-electron chi connectivity index (χ1n) is 5.16. The van der Waals surface area contributed by atoms with Crippen molar-refractivity contribution in [2.24, 2.45) is 5.41 Å². The Hall–Kier alpha value is -1.82. The third-order valence-electron chi connectivity index (χ3n) is 2.71. The van der Waals surface area contributed by atoms with Gasteiger partial charge in [0.25, 0.3) is 0 Å². The van der Waals surface area contributed by atoms with Gasteiger partial charge in [0.05, 0.1) is 33.1 Å². The van der Waals surface area contributed by atoms with Crippen molar-refractivity contribution in [3.05, 3.63) is 24.2 Å². The van der Waals surface area contributed by atoms with Crippen LogP contribution in [0.1, 0.15) is 5.76 Å². The lowest BCUT2D eigenvalue weighted by Gasteiger charge is -2.36. The zero-order chi connectivity index (χ0) is 12.3. The SMILES string of the molecule is COC(=O)C1(C(=O)NCc2ccco2)COC1. The first kappa shape index (κ1) is 11.7. The molecule has 0 saturated carbocycles. The Bertz CT molecular complexity index is 408. The molecule has 2 heterocycles. The monoisotopic (exact) mass is 239 g/mol. The molecule has 0 aromatic carbocycles. The maximum absolute atomic E-state index is 11.9. The predicted molar refractivity (Wildman–Crippen MR) is 55.8 cm³/mol. The smallest absolute Gasteiger partial charge is 0.326 e. The number of esters is 1. The standard InChI is InChI=1S/C11H13NO5/c1-15-10(14)11(6-16-7-11)9(13)12-5-8-3-2-4-17-8/h2-4H,5-7H2,1H3,(H,12,13). The van der Waals surface area contributed by atoms with Crippen LogP contribution in [0, 0.1) is 5.41 Å². The van der Waals surface area contributed by atoms with Crippen LogP contribution in [0.25, 0.3) is 0 Å². The van der Waals surface area contributed by atoms with E-state index in [1.165, 1.54) is 13.4 Å². The van der Waals surface area contributed by atoms with E-state index in [2.05, 4.69) is 10.1 Å². The summed E-state index contributed by atoms with van der Waals surface area (Å²) in [6.07, 6.45) is 1.52. The Morgan fingerprint density at radius 1 is 1.53 bits per heavy atom. The van der Waals surface area contributed by atoms with Gasteiger partial charge in [-0.25, -0.2) is 0 Å². The van der Waals surface area contributed by atoms with E-state index < -0.39 is 17.3 Å². The summed E-state index contributed by atoms with van der Waals surface area (Å²) >= 11 is 0. The fraction of sp³-hybridized carbons (Fsp3) is 0.455. The van der Waals surface area contributed by atoms with Crippen LogP contribution in [0.2, 0.25) is 0 Å². The largest absolute Gasteiger partial charge is 0.468 e. The highest BCUT2D eigenvalue weighted by molar-refractivity contribution is 6.03. The zero-order valence-corrected chi connectivity index (χ0v) is 9.39. The highest BCUT2D eigenvalue weighted by Gasteiger charge is 2.53. The van der Waals surface area contributed by atoms with Gasteiger partial charge in [0.2, 0.25) is 5.91 Å². The molecule has 1 amide bonds.